The second-order valence-electron chi connectivity index (χ2n) is 3.53. The van der Waals surface area contributed by atoms with E-state index < -0.39 is 23.5 Å². The molecule has 2 N–H and O–H groups in total. The van der Waals surface area contributed by atoms with Gasteiger partial charge in [0.2, 0.25) is 0 Å². The lowest BCUT2D eigenvalue weighted by Crippen LogP contribution is -2.14. The number of rotatable bonds is 3. The molecule has 0 saturated carbocycles. The maximum atomic E-state index is 13.0. The van der Waals surface area contributed by atoms with E-state index in [0.29, 0.717) is 6.42 Å². The largest absolute Gasteiger partial charge is 0.324 e. The number of nitrogens with two attached hydrogens (primary N) is 1. The summed E-state index contributed by atoms with van der Waals surface area (Å²) in [6.45, 7) is 0. The Kier molecular flexibility index (Phi) is 3.44. The van der Waals surface area contributed by atoms with Crippen molar-refractivity contribution in [2.24, 2.45) is 5.73 Å². The Morgan fingerprint density at radius 3 is 2.41 bits per heavy atom. The number of hydrogen-bond acceptors (Lipinski definition) is 3. The van der Waals surface area contributed by atoms with Crippen molar-refractivity contribution >= 4 is 11.3 Å². The molecule has 1 aromatic heterocycles. The van der Waals surface area contributed by atoms with E-state index in [1.54, 1.807) is 11.6 Å². The van der Waals surface area contributed by atoms with Crippen LogP contribution in [0.5, 0.6) is 0 Å². The minimum Gasteiger partial charge on any atom is -0.324 e. The van der Waals surface area contributed by atoms with Crippen molar-refractivity contribution in [1.82, 2.24) is 4.98 Å². The molecule has 1 heterocycles. The fraction of sp³-hybridized carbons (Fsp3) is 0.182. The van der Waals surface area contributed by atoms with Gasteiger partial charge >= 0.3 is 0 Å². The van der Waals surface area contributed by atoms with Gasteiger partial charge in [0, 0.05) is 24.0 Å². The number of aromatic nitrogens is 1. The molecule has 0 aliphatic heterocycles. The van der Waals surface area contributed by atoms with Crippen LogP contribution in [0.3, 0.4) is 0 Å². The van der Waals surface area contributed by atoms with Gasteiger partial charge in [0.25, 0.3) is 0 Å². The third-order valence-corrected chi connectivity index (χ3v) is 3.11. The van der Waals surface area contributed by atoms with Crippen molar-refractivity contribution < 1.29 is 13.2 Å². The SMILES string of the molecule is NC(Cc1nccs1)c1cc(F)c(F)c(F)c1. The Bertz CT molecular complexity index is 490. The molecule has 0 amide bonds. The van der Waals surface area contributed by atoms with E-state index in [2.05, 4.69) is 4.98 Å². The summed E-state index contributed by atoms with van der Waals surface area (Å²) in [7, 11) is 0. The van der Waals surface area contributed by atoms with E-state index in [1.807, 2.05) is 0 Å². The summed E-state index contributed by atoms with van der Waals surface area (Å²) in [6, 6.07) is 1.22. The van der Waals surface area contributed by atoms with Crippen molar-refractivity contribution in [1.29, 1.82) is 0 Å². The van der Waals surface area contributed by atoms with Crippen molar-refractivity contribution in [2.45, 2.75) is 12.5 Å². The quantitative estimate of drug-likeness (QED) is 0.860. The second kappa shape index (κ2) is 4.85. The molecule has 0 aliphatic rings. The summed E-state index contributed by atoms with van der Waals surface area (Å²) in [5.74, 6) is -3.93. The van der Waals surface area contributed by atoms with Crippen LogP contribution in [0, 0.1) is 17.5 Å². The van der Waals surface area contributed by atoms with Crippen molar-refractivity contribution in [3.63, 3.8) is 0 Å². The molecule has 2 nitrogen and oxygen atoms in total. The van der Waals surface area contributed by atoms with Crippen LogP contribution in [0.4, 0.5) is 13.2 Å². The average Bonchev–Trinajstić information content (AvgIpc) is 2.77. The predicted octanol–water partition coefficient (Wildman–Crippen LogP) is 2.80. The van der Waals surface area contributed by atoms with Gasteiger partial charge in [-0.25, -0.2) is 18.2 Å². The van der Waals surface area contributed by atoms with Gasteiger partial charge in [-0.15, -0.1) is 11.3 Å². The third-order valence-electron chi connectivity index (χ3n) is 2.31. The third kappa shape index (κ3) is 2.65. The molecule has 0 aliphatic carbocycles. The molecule has 6 heteroatoms. The molecule has 0 fully saturated rings. The van der Waals surface area contributed by atoms with Gasteiger partial charge in [0.15, 0.2) is 17.5 Å². The summed E-state index contributed by atoms with van der Waals surface area (Å²) in [4.78, 5) is 4.02. The van der Waals surface area contributed by atoms with E-state index in [-0.39, 0.29) is 5.56 Å². The molecule has 0 bridgehead atoms. The van der Waals surface area contributed by atoms with Crippen molar-refractivity contribution in [3.05, 3.63) is 51.7 Å². The van der Waals surface area contributed by atoms with Crippen LogP contribution >= 0.6 is 11.3 Å². The highest BCUT2D eigenvalue weighted by Crippen LogP contribution is 2.21. The molecule has 0 spiro atoms. The first-order valence-corrected chi connectivity index (χ1v) is 5.74. The summed E-state index contributed by atoms with van der Waals surface area (Å²) >= 11 is 1.40. The maximum Gasteiger partial charge on any atom is 0.194 e. The Labute approximate surface area is 99.9 Å². The predicted molar refractivity (Wildman–Crippen MR) is 59.1 cm³/mol. The lowest BCUT2D eigenvalue weighted by Gasteiger charge is -2.11. The number of halogens is 3. The van der Waals surface area contributed by atoms with Gasteiger partial charge in [0.05, 0.1) is 5.01 Å². The first-order chi connectivity index (χ1) is 8.08. The monoisotopic (exact) mass is 258 g/mol. The second-order valence-corrected chi connectivity index (χ2v) is 4.51. The summed E-state index contributed by atoms with van der Waals surface area (Å²) in [6.07, 6.45) is 1.99. The standard InChI is InChI=1S/C11H9F3N2S/c12-7-3-6(4-8(13)11(7)14)9(15)5-10-16-1-2-17-10/h1-4,9H,5,15H2. The average molecular weight is 258 g/mol. The molecule has 0 saturated heterocycles. The van der Waals surface area contributed by atoms with E-state index in [4.69, 9.17) is 5.73 Å². The highest BCUT2D eigenvalue weighted by molar-refractivity contribution is 7.09. The Hall–Kier alpha value is -1.40. The highest BCUT2D eigenvalue weighted by atomic mass is 32.1. The summed E-state index contributed by atoms with van der Waals surface area (Å²) in [5, 5.41) is 2.55. The van der Waals surface area contributed by atoms with Crippen molar-refractivity contribution in [3.8, 4) is 0 Å². The van der Waals surface area contributed by atoms with Gasteiger partial charge in [-0.3, -0.25) is 0 Å². The molecule has 1 atom stereocenters. The zero-order valence-electron chi connectivity index (χ0n) is 8.66. The minimum absolute atomic E-state index is 0.219. The van der Waals surface area contributed by atoms with Gasteiger partial charge < -0.3 is 5.73 Å². The van der Waals surface area contributed by atoms with Crippen LogP contribution in [0.1, 0.15) is 16.6 Å². The number of hydrogen-bond donors (Lipinski definition) is 1. The van der Waals surface area contributed by atoms with Gasteiger partial charge in [-0.1, -0.05) is 0 Å². The van der Waals surface area contributed by atoms with E-state index >= 15 is 0 Å². The summed E-state index contributed by atoms with van der Waals surface area (Å²) < 4.78 is 38.7. The molecular formula is C11H9F3N2S. The number of thiazole rings is 1. The van der Waals surface area contributed by atoms with Crippen LogP contribution in [0.2, 0.25) is 0 Å². The highest BCUT2D eigenvalue weighted by Gasteiger charge is 2.15. The number of benzene rings is 1. The molecule has 1 aromatic carbocycles. The van der Waals surface area contributed by atoms with Crippen LogP contribution in [0.25, 0.3) is 0 Å². The van der Waals surface area contributed by atoms with E-state index in [1.165, 1.54) is 11.3 Å². The molecule has 0 radical (unpaired) electrons. The fourth-order valence-electron chi connectivity index (χ4n) is 1.45. The smallest absolute Gasteiger partial charge is 0.194 e. The van der Waals surface area contributed by atoms with Gasteiger partial charge in [0.1, 0.15) is 0 Å². The van der Waals surface area contributed by atoms with E-state index in [9.17, 15) is 13.2 Å². The zero-order valence-corrected chi connectivity index (χ0v) is 9.48. The lowest BCUT2D eigenvalue weighted by atomic mass is 10.0. The first-order valence-electron chi connectivity index (χ1n) is 4.86. The molecule has 17 heavy (non-hydrogen) atoms. The van der Waals surface area contributed by atoms with Crippen LogP contribution in [-0.4, -0.2) is 4.98 Å². The lowest BCUT2D eigenvalue weighted by molar-refractivity contribution is 0.443. The Morgan fingerprint density at radius 1 is 1.24 bits per heavy atom. The Balaban J connectivity index is 2.22. The zero-order chi connectivity index (χ0) is 12.4. The molecular weight excluding hydrogens is 249 g/mol. The molecule has 90 valence electrons. The van der Waals surface area contributed by atoms with Gasteiger partial charge in [-0.2, -0.15) is 0 Å². The normalized spacial score (nSPS) is 12.7. The molecule has 2 aromatic rings. The molecule has 2 rings (SSSR count). The van der Waals surface area contributed by atoms with Gasteiger partial charge in [-0.05, 0) is 17.7 Å². The van der Waals surface area contributed by atoms with Crippen LogP contribution in [0.15, 0.2) is 23.7 Å². The minimum atomic E-state index is -1.48. The van der Waals surface area contributed by atoms with Crippen LogP contribution in [-0.2, 0) is 6.42 Å². The molecule has 1 unspecified atom stereocenters. The fourth-order valence-corrected chi connectivity index (χ4v) is 2.13. The van der Waals surface area contributed by atoms with Crippen molar-refractivity contribution in [2.75, 3.05) is 0 Å². The first kappa shape index (κ1) is 12.1. The van der Waals surface area contributed by atoms with E-state index in [0.717, 1.165) is 17.1 Å². The van der Waals surface area contributed by atoms with Crippen LogP contribution < -0.4 is 5.73 Å². The number of nitrogens with zero attached hydrogens (tertiary/aromatic N) is 1. The summed E-state index contributed by atoms with van der Waals surface area (Å²) in [5.41, 5.74) is 6.00. The maximum absolute atomic E-state index is 13.0. The Morgan fingerprint density at radius 2 is 1.88 bits per heavy atom. The topological polar surface area (TPSA) is 38.9 Å².